The van der Waals surface area contributed by atoms with Gasteiger partial charge in [0.15, 0.2) is 0 Å². The van der Waals surface area contributed by atoms with E-state index in [1.54, 1.807) is 0 Å². The average molecular weight is 351 g/mol. The van der Waals surface area contributed by atoms with Crippen LogP contribution in [0.1, 0.15) is 40.0 Å². The first-order valence-corrected chi connectivity index (χ1v) is 10.3. The highest BCUT2D eigenvalue weighted by molar-refractivity contribution is 5.00. The molecule has 0 amide bonds. The van der Waals surface area contributed by atoms with Crippen LogP contribution in [0.5, 0.6) is 0 Å². The Hall–Kier alpha value is -0.620. The van der Waals surface area contributed by atoms with E-state index in [2.05, 4.69) is 46.6 Å². The van der Waals surface area contributed by atoms with E-state index in [0.29, 0.717) is 5.92 Å². The van der Waals surface area contributed by atoms with Crippen LogP contribution in [0.2, 0.25) is 0 Å². The lowest BCUT2D eigenvalue weighted by Gasteiger charge is -2.38. The fourth-order valence-corrected chi connectivity index (χ4v) is 4.06. The Labute approximate surface area is 154 Å². The third-order valence-electron chi connectivity index (χ3n) is 6.01. The Morgan fingerprint density at radius 3 is 2.20 bits per heavy atom. The molecule has 3 rings (SSSR count). The molecule has 1 N–H and O–H groups in total. The largest absolute Gasteiger partial charge is 0.378 e. The molecule has 2 aliphatic heterocycles. The topological polar surface area (TPSA) is 33.2 Å². The molecular weight excluding hydrogens is 312 g/mol. The monoisotopic (exact) mass is 350 g/mol. The van der Waals surface area contributed by atoms with Crippen molar-refractivity contribution in [3.05, 3.63) is 11.8 Å². The molecular formula is C20H38N4O. The second kappa shape index (κ2) is 8.85. The Morgan fingerprint density at radius 1 is 1.00 bits per heavy atom. The van der Waals surface area contributed by atoms with E-state index in [0.717, 1.165) is 45.2 Å². The molecule has 3 fully saturated rings. The van der Waals surface area contributed by atoms with Crippen LogP contribution in [-0.2, 0) is 0 Å². The van der Waals surface area contributed by atoms with Crippen molar-refractivity contribution in [3.63, 3.8) is 0 Å². The standard InChI is InChI=1S/C20H38N4O/c1-17(2)20(25)24-14-8-21(9-15-24)7-6-18(3)16-22-10-12-23(13-11-22)19-4-5-19/h16-17,19-20,25H,4-15H2,1-3H3/b18-16+. The molecule has 2 saturated heterocycles. The van der Waals surface area contributed by atoms with E-state index < -0.39 is 0 Å². The second-order valence-electron chi connectivity index (χ2n) is 8.56. The molecule has 1 atom stereocenters. The van der Waals surface area contributed by atoms with Gasteiger partial charge in [0, 0.05) is 64.9 Å². The Balaban J connectivity index is 1.33. The summed E-state index contributed by atoms with van der Waals surface area (Å²) in [5.41, 5.74) is 1.50. The molecule has 0 aromatic heterocycles. The molecule has 1 aliphatic carbocycles. The fourth-order valence-electron chi connectivity index (χ4n) is 4.06. The summed E-state index contributed by atoms with van der Waals surface area (Å²) < 4.78 is 0. The molecule has 0 bridgehead atoms. The van der Waals surface area contributed by atoms with E-state index >= 15 is 0 Å². The van der Waals surface area contributed by atoms with Gasteiger partial charge in [-0.1, -0.05) is 19.4 Å². The van der Waals surface area contributed by atoms with Crippen LogP contribution < -0.4 is 0 Å². The molecule has 0 aromatic carbocycles. The summed E-state index contributed by atoms with van der Waals surface area (Å²) in [6.07, 6.45) is 6.14. The van der Waals surface area contributed by atoms with E-state index in [4.69, 9.17) is 0 Å². The summed E-state index contributed by atoms with van der Waals surface area (Å²) in [7, 11) is 0. The van der Waals surface area contributed by atoms with Gasteiger partial charge in [0.1, 0.15) is 6.23 Å². The maximum atomic E-state index is 10.2. The molecule has 144 valence electrons. The number of aliphatic hydroxyl groups excluding tert-OH is 1. The van der Waals surface area contributed by atoms with Crippen LogP contribution in [0.25, 0.3) is 0 Å². The van der Waals surface area contributed by atoms with Crippen LogP contribution in [0.4, 0.5) is 0 Å². The molecule has 0 spiro atoms. The number of hydrogen-bond acceptors (Lipinski definition) is 5. The van der Waals surface area contributed by atoms with Crippen LogP contribution >= 0.6 is 0 Å². The lowest BCUT2D eigenvalue weighted by Crippen LogP contribution is -2.51. The first-order chi connectivity index (χ1) is 12.0. The third-order valence-corrected chi connectivity index (χ3v) is 6.01. The van der Waals surface area contributed by atoms with Gasteiger partial charge in [-0.15, -0.1) is 0 Å². The zero-order chi connectivity index (χ0) is 17.8. The normalized spacial score (nSPS) is 26.4. The van der Waals surface area contributed by atoms with Crippen molar-refractivity contribution >= 4 is 0 Å². The second-order valence-corrected chi connectivity index (χ2v) is 8.56. The maximum Gasteiger partial charge on any atom is 0.109 e. The zero-order valence-corrected chi connectivity index (χ0v) is 16.5. The van der Waals surface area contributed by atoms with Crippen LogP contribution in [-0.4, -0.2) is 95.9 Å². The molecule has 5 heteroatoms. The average Bonchev–Trinajstić information content (AvgIpc) is 3.45. The van der Waals surface area contributed by atoms with Gasteiger partial charge in [-0.25, -0.2) is 0 Å². The van der Waals surface area contributed by atoms with Gasteiger partial charge >= 0.3 is 0 Å². The molecule has 5 nitrogen and oxygen atoms in total. The minimum atomic E-state index is -0.280. The lowest BCUT2D eigenvalue weighted by atomic mass is 10.1. The van der Waals surface area contributed by atoms with Crippen molar-refractivity contribution in [2.45, 2.75) is 52.3 Å². The van der Waals surface area contributed by atoms with Gasteiger partial charge in [0.25, 0.3) is 0 Å². The molecule has 0 radical (unpaired) electrons. The molecule has 0 aromatic rings. The predicted octanol–water partition coefficient (Wildman–Crippen LogP) is 1.65. The Morgan fingerprint density at radius 2 is 1.64 bits per heavy atom. The third kappa shape index (κ3) is 5.68. The molecule has 1 saturated carbocycles. The van der Waals surface area contributed by atoms with Gasteiger partial charge in [-0.3, -0.25) is 9.80 Å². The summed E-state index contributed by atoms with van der Waals surface area (Å²) in [4.78, 5) is 9.96. The molecule has 2 heterocycles. The minimum absolute atomic E-state index is 0.280. The minimum Gasteiger partial charge on any atom is -0.378 e. The number of nitrogens with zero attached hydrogens (tertiary/aromatic N) is 4. The SMILES string of the molecule is C/C(=C\N1CCN(C2CC2)CC1)CCN1CCN(C(O)C(C)C)CC1. The molecule has 1 unspecified atom stereocenters. The van der Waals surface area contributed by atoms with Crippen LogP contribution in [0.3, 0.4) is 0 Å². The van der Waals surface area contributed by atoms with E-state index in [1.165, 1.54) is 44.6 Å². The van der Waals surface area contributed by atoms with Gasteiger partial charge in [0.05, 0.1) is 0 Å². The van der Waals surface area contributed by atoms with Crippen LogP contribution in [0, 0.1) is 5.92 Å². The van der Waals surface area contributed by atoms with E-state index in [9.17, 15) is 5.11 Å². The summed E-state index contributed by atoms with van der Waals surface area (Å²) in [5.74, 6) is 0.317. The van der Waals surface area contributed by atoms with Crippen molar-refractivity contribution in [3.8, 4) is 0 Å². The Bertz CT molecular complexity index is 433. The number of hydrogen-bond donors (Lipinski definition) is 1. The Kier molecular flexibility index (Phi) is 6.78. The van der Waals surface area contributed by atoms with Crippen molar-refractivity contribution in [2.24, 2.45) is 5.92 Å². The fraction of sp³-hybridized carbons (Fsp3) is 0.900. The van der Waals surface area contributed by atoms with Gasteiger partial charge < -0.3 is 14.9 Å². The first kappa shape index (κ1) is 19.2. The number of piperazine rings is 2. The van der Waals surface area contributed by atoms with Crippen molar-refractivity contribution in [1.82, 2.24) is 19.6 Å². The highest BCUT2D eigenvalue weighted by Crippen LogP contribution is 2.27. The van der Waals surface area contributed by atoms with Crippen molar-refractivity contribution in [2.75, 3.05) is 58.9 Å². The number of aliphatic hydroxyl groups is 1. The van der Waals surface area contributed by atoms with Crippen molar-refractivity contribution in [1.29, 1.82) is 0 Å². The first-order valence-electron chi connectivity index (χ1n) is 10.3. The van der Waals surface area contributed by atoms with E-state index in [-0.39, 0.29) is 6.23 Å². The van der Waals surface area contributed by atoms with Gasteiger partial charge in [-0.2, -0.15) is 0 Å². The smallest absolute Gasteiger partial charge is 0.109 e. The molecule has 25 heavy (non-hydrogen) atoms. The molecule has 3 aliphatic rings. The summed E-state index contributed by atoms with van der Waals surface area (Å²) >= 11 is 0. The summed E-state index contributed by atoms with van der Waals surface area (Å²) in [6, 6.07) is 0.917. The lowest BCUT2D eigenvalue weighted by molar-refractivity contribution is -0.0521. The van der Waals surface area contributed by atoms with E-state index in [1.807, 2.05) is 0 Å². The highest BCUT2D eigenvalue weighted by Gasteiger charge is 2.30. The van der Waals surface area contributed by atoms with Gasteiger partial charge in [0.2, 0.25) is 0 Å². The van der Waals surface area contributed by atoms with Crippen molar-refractivity contribution < 1.29 is 5.11 Å². The highest BCUT2D eigenvalue weighted by atomic mass is 16.3. The maximum absolute atomic E-state index is 10.2. The predicted molar refractivity (Wildman–Crippen MR) is 103 cm³/mol. The summed E-state index contributed by atoms with van der Waals surface area (Å²) in [6.45, 7) is 16.6. The number of rotatable bonds is 7. The van der Waals surface area contributed by atoms with Gasteiger partial charge in [-0.05, 0) is 38.3 Å². The van der Waals surface area contributed by atoms with Crippen LogP contribution in [0.15, 0.2) is 11.8 Å². The summed E-state index contributed by atoms with van der Waals surface area (Å²) in [5, 5.41) is 10.2. The zero-order valence-electron chi connectivity index (χ0n) is 16.5. The quantitative estimate of drug-likeness (QED) is 0.755.